The first kappa shape index (κ1) is 22.1. The molecule has 12 heteroatoms. The van der Waals surface area contributed by atoms with Crippen LogP contribution in [0.15, 0.2) is 12.1 Å². The molecule has 150 valence electrons. The van der Waals surface area contributed by atoms with Gasteiger partial charge in [-0.2, -0.15) is 0 Å². The van der Waals surface area contributed by atoms with E-state index < -0.39 is 71.3 Å². The van der Waals surface area contributed by atoms with E-state index in [0.29, 0.717) is 12.1 Å². The molecule has 0 fully saturated rings. The highest BCUT2D eigenvalue weighted by atomic mass is 16.6. The summed E-state index contributed by atoms with van der Waals surface area (Å²) in [6.07, 6.45) is 0. The molecule has 0 atom stereocenters. The van der Waals surface area contributed by atoms with Crippen molar-refractivity contribution in [3.8, 4) is 0 Å². The topological polar surface area (TPSA) is 191 Å². The third kappa shape index (κ3) is 6.09. The van der Waals surface area contributed by atoms with E-state index in [-0.39, 0.29) is 6.61 Å². The van der Waals surface area contributed by atoms with Crippen molar-refractivity contribution < 1.29 is 58.3 Å². The second-order valence-corrected chi connectivity index (χ2v) is 5.00. The largest absolute Gasteiger partial charge is 0.479 e. The Kier molecular flexibility index (Phi) is 7.62. The lowest BCUT2D eigenvalue weighted by atomic mass is 9.98. The number of carboxylic acid groups (broad SMARTS) is 3. The van der Waals surface area contributed by atoms with Crippen LogP contribution >= 0.6 is 0 Å². The molecule has 12 nitrogen and oxygen atoms in total. The number of rotatable bonds is 9. The second kappa shape index (κ2) is 9.66. The standard InChI is InChI=1S/C16H14O12/c1-7(17)26-2-3-27-15(24)10-4-9(14(22)23)11(5-8(10)13(20)21)16(25)28-6-12(18)19/h4-5H,2-3,6H2,1H3,(H,18,19)(H,20,21)(H,22,23). The smallest absolute Gasteiger partial charge is 0.341 e. The summed E-state index contributed by atoms with van der Waals surface area (Å²) >= 11 is 0. The molecule has 0 bridgehead atoms. The normalized spacial score (nSPS) is 9.89. The van der Waals surface area contributed by atoms with Crippen molar-refractivity contribution in [2.24, 2.45) is 0 Å². The van der Waals surface area contributed by atoms with Crippen LogP contribution in [-0.4, -0.2) is 71.0 Å². The van der Waals surface area contributed by atoms with E-state index in [9.17, 15) is 39.0 Å². The minimum absolute atomic E-state index is 0.311. The van der Waals surface area contributed by atoms with Gasteiger partial charge in [0.25, 0.3) is 0 Å². The minimum Gasteiger partial charge on any atom is -0.479 e. The number of hydrogen-bond acceptors (Lipinski definition) is 9. The van der Waals surface area contributed by atoms with Crippen molar-refractivity contribution in [2.45, 2.75) is 6.92 Å². The first-order chi connectivity index (χ1) is 13.0. The molecule has 0 heterocycles. The molecule has 0 saturated heterocycles. The maximum Gasteiger partial charge on any atom is 0.341 e. The number of ether oxygens (including phenoxy) is 3. The van der Waals surface area contributed by atoms with Crippen LogP contribution in [0.2, 0.25) is 0 Å². The van der Waals surface area contributed by atoms with Crippen molar-refractivity contribution >= 4 is 35.8 Å². The monoisotopic (exact) mass is 398 g/mol. The first-order valence-electron chi connectivity index (χ1n) is 7.38. The summed E-state index contributed by atoms with van der Waals surface area (Å²) in [6, 6.07) is 1.16. The highest BCUT2D eigenvalue weighted by molar-refractivity contribution is 6.09. The van der Waals surface area contributed by atoms with Gasteiger partial charge in [-0.15, -0.1) is 0 Å². The molecule has 0 saturated carbocycles. The number of carbonyl (C=O) groups is 6. The van der Waals surface area contributed by atoms with Crippen LogP contribution in [0.1, 0.15) is 48.4 Å². The number of carbonyl (C=O) groups excluding carboxylic acids is 3. The van der Waals surface area contributed by atoms with Crippen molar-refractivity contribution in [2.75, 3.05) is 19.8 Å². The molecule has 0 spiro atoms. The zero-order valence-corrected chi connectivity index (χ0v) is 14.3. The number of benzene rings is 1. The molecule has 1 aromatic rings. The number of aromatic carboxylic acids is 2. The average molecular weight is 398 g/mol. The Bertz CT molecular complexity index is 838. The number of carboxylic acids is 3. The summed E-state index contributed by atoms with van der Waals surface area (Å²) in [5.74, 6) is -8.18. The van der Waals surface area contributed by atoms with Gasteiger partial charge in [-0.3, -0.25) is 4.79 Å². The molecule has 0 aliphatic carbocycles. The quantitative estimate of drug-likeness (QED) is 0.288. The lowest BCUT2D eigenvalue weighted by Gasteiger charge is -2.12. The van der Waals surface area contributed by atoms with E-state index in [1.807, 2.05) is 0 Å². The van der Waals surface area contributed by atoms with Crippen molar-refractivity contribution in [3.05, 3.63) is 34.4 Å². The van der Waals surface area contributed by atoms with Gasteiger partial charge in [0.1, 0.15) is 13.2 Å². The molecule has 0 unspecified atom stereocenters. The summed E-state index contributed by atoms with van der Waals surface area (Å²) in [6.45, 7) is -0.705. The van der Waals surface area contributed by atoms with Crippen molar-refractivity contribution in [1.29, 1.82) is 0 Å². The zero-order valence-electron chi connectivity index (χ0n) is 14.3. The van der Waals surface area contributed by atoms with E-state index in [0.717, 1.165) is 6.92 Å². The van der Waals surface area contributed by atoms with E-state index >= 15 is 0 Å². The van der Waals surface area contributed by atoms with E-state index in [4.69, 9.17) is 9.84 Å². The molecular weight excluding hydrogens is 384 g/mol. The van der Waals surface area contributed by atoms with Gasteiger partial charge in [0.15, 0.2) is 6.61 Å². The molecule has 0 amide bonds. The first-order valence-corrected chi connectivity index (χ1v) is 7.38. The highest BCUT2D eigenvalue weighted by Gasteiger charge is 2.27. The summed E-state index contributed by atoms with van der Waals surface area (Å²) in [7, 11) is 0. The maximum atomic E-state index is 12.1. The zero-order chi connectivity index (χ0) is 21.4. The molecule has 0 aromatic heterocycles. The molecule has 1 aromatic carbocycles. The van der Waals surface area contributed by atoms with Gasteiger partial charge in [0, 0.05) is 6.92 Å². The summed E-state index contributed by atoms with van der Waals surface area (Å²) in [5, 5.41) is 27.0. The van der Waals surface area contributed by atoms with E-state index in [2.05, 4.69) is 9.47 Å². The molecule has 0 aliphatic rings. The fourth-order valence-corrected chi connectivity index (χ4v) is 1.89. The van der Waals surface area contributed by atoms with Gasteiger partial charge in [-0.05, 0) is 12.1 Å². The molecule has 28 heavy (non-hydrogen) atoms. The lowest BCUT2D eigenvalue weighted by Crippen LogP contribution is -2.20. The van der Waals surface area contributed by atoms with Crippen LogP contribution < -0.4 is 0 Å². The second-order valence-electron chi connectivity index (χ2n) is 5.00. The Morgan fingerprint density at radius 1 is 0.714 bits per heavy atom. The van der Waals surface area contributed by atoms with Crippen LogP contribution in [0.25, 0.3) is 0 Å². The summed E-state index contributed by atoms with van der Waals surface area (Å²) in [5.41, 5.74) is -3.01. The molecular formula is C16H14O12. The SMILES string of the molecule is CC(=O)OCCOC(=O)c1cc(C(=O)O)c(C(=O)OCC(=O)O)cc1C(=O)O. The fourth-order valence-electron chi connectivity index (χ4n) is 1.89. The predicted octanol–water partition coefficient (Wildman–Crippen LogP) is 0.0443. The van der Waals surface area contributed by atoms with E-state index in [1.165, 1.54) is 0 Å². The van der Waals surface area contributed by atoms with Crippen LogP contribution in [-0.2, 0) is 23.8 Å². The number of esters is 3. The van der Waals surface area contributed by atoms with Crippen molar-refractivity contribution in [1.82, 2.24) is 0 Å². The predicted molar refractivity (Wildman–Crippen MR) is 85.2 cm³/mol. The van der Waals surface area contributed by atoms with Crippen LogP contribution in [0, 0.1) is 0 Å². The van der Waals surface area contributed by atoms with Gasteiger partial charge in [-0.25, -0.2) is 24.0 Å². The van der Waals surface area contributed by atoms with Crippen molar-refractivity contribution in [3.63, 3.8) is 0 Å². The minimum atomic E-state index is -1.70. The summed E-state index contributed by atoms with van der Waals surface area (Å²) < 4.78 is 13.6. The molecule has 0 aliphatic heterocycles. The fraction of sp³-hybridized carbons (Fsp3) is 0.250. The third-order valence-electron chi connectivity index (χ3n) is 3.01. The third-order valence-corrected chi connectivity index (χ3v) is 3.01. The van der Waals surface area contributed by atoms with Gasteiger partial charge in [-0.1, -0.05) is 0 Å². The molecule has 3 N–H and O–H groups in total. The van der Waals surface area contributed by atoms with Crippen LogP contribution in [0.3, 0.4) is 0 Å². The highest BCUT2D eigenvalue weighted by Crippen LogP contribution is 2.20. The van der Waals surface area contributed by atoms with Gasteiger partial charge >= 0.3 is 35.8 Å². The van der Waals surface area contributed by atoms with E-state index in [1.54, 1.807) is 0 Å². The Labute approximate surface area is 156 Å². The lowest BCUT2D eigenvalue weighted by molar-refractivity contribution is -0.142. The summed E-state index contributed by atoms with van der Waals surface area (Å²) in [4.78, 5) is 67.8. The number of aliphatic carboxylic acids is 1. The van der Waals surface area contributed by atoms with Gasteiger partial charge in [0.2, 0.25) is 0 Å². The van der Waals surface area contributed by atoms with Gasteiger partial charge < -0.3 is 29.5 Å². The number of hydrogen-bond donors (Lipinski definition) is 3. The Morgan fingerprint density at radius 3 is 1.54 bits per heavy atom. The maximum absolute atomic E-state index is 12.1. The molecule has 1 rings (SSSR count). The van der Waals surface area contributed by atoms with Crippen LogP contribution in [0.5, 0.6) is 0 Å². The van der Waals surface area contributed by atoms with Gasteiger partial charge in [0.05, 0.1) is 22.3 Å². The molecule has 0 radical (unpaired) electrons. The van der Waals surface area contributed by atoms with Crippen LogP contribution in [0.4, 0.5) is 0 Å². The Morgan fingerprint density at radius 2 is 1.14 bits per heavy atom. The average Bonchev–Trinajstić information content (AvgIpc) is 2.61. The Hall–Kier alpha value is -3.96. The Balaban J connectivity index is 3.25.